The summed E-state index contributed by atoms with van der Waals surface area (Å²) in [4.78, 5) is 11.5. The van der Waals surface area contributed by atoms with Gasteiger partial charge in [-0.05, 0) is 30.3 Å². The summed E-state index contributed by atoms with van der Waals surface area (Å²) in [6, 6.07) is 9.69. The number of aromatic nitrogens is 3. The van der Waals surface area contributed by atoms with Gasteiger partial charge in [-0.25, -0.2) is 9.97 Å². The first-order valence-corrected chi connectivity index (χ1v) is 5.26. The molecule has 0 aliphatic heterocycles. The summed E-state index contributed by atoms with van der Waals surface area (Å²) in [5, 5.41) is 1.59. The number of aromatic amines is 1. The minimum Gasteiger partial charge on any atom is -0.339 e. The smallest absolute Gasteiger partial charge is 0.137 e. The van der Waals surface area contributed by atoms with E-state index in [-0.39, 0.29) is 0 Å². The number of pyridine rings is 2. The lowest BCUT2D eigenvalue weighted by Crippen LogP contribution is -1.80. The Morgan fingerprint density at radius 3 is 2.81 bits per heavy atom. The Morgan fingerprint density at radius 2 is 2.06 bits per heavy atom. The zero-order valence-electron chi connectivity index (χ0n) is 8.31. The second-order valence-corrected chi connectivity index (χ2v) is 3.88. The summed E-state index contributed by atoms with van der Waals surface area (Å²) in [7, 11) is 0. The molecule has 0 saturated carbocycles. The second-order valence-electron chi connectivity index (χ2n) is 3.49. The maximum absolute atomic E-state index is 5.74. The summed E-state index contributed by atoms with van der Waals surface area (Å²) in [5.74, 6) is 0. The molecule has 0 fully saturated rings. The summed E-state index contributed by atoms with van der Waals surface area (Å²) in [6.07, 6.45) is 3.51. The van der Waals surface area contributed by atoms with Crippen LogP contribution in [0.25, 0.3) is 22.3 Å². The first-order valence-electron chi connectivity index (χ1n) is 4.88. The Labute approximate surface area is 97.1 Å². The van der Waals surface area contributed by atoms with Crippen LogP contribution < -0.4 is 0 Å². The number of rotatable bonds is 1. The molecular weight excluding hydrogens is 222 g/mol. The molecule has 4 heteroatoms. The fourth-order valence-electron chi connectivity index (χ4n) is 1.65. The zero-order valence-corrected chi connectivity index (χ0v) is 9.07. The van der Waals surface area contributed by atoms with Crippen molar-refractivity contribution in [2.24, 2.45) is 0 Å². The van der Waals surface area contributed by atoms with Gasteiger partial charge in [-0.2, -0.15) is 0 Å². The van der Waals surface area contributed by atoms with Crippen molar-refractivity contribution >= 4 is 22.6 Å². The highest BCUT2D eigenvalue weighted by Crippen LogP contribution is 2.22. The van der Waals surface area contributed by atoms with Crippen LogP contribution in [0.5, 0.6) is 0 Å². The van der Waals surface area contributed by atoms with Gasteiger partial charge in [0.05, 0.1) is 0 Å². The molecule has 3 rings (SSSR count). The van der Waals surface area contributed by atoms with Crippen molar-refractivity contribution in [1.82, 2.24) is 15.0 Å². The molecule has 0 spiro atoms. The molecule has 16 heavy (non-hydrogen) atoms. The summed E-state index contributed by atoms with van der Waals surface area (Å²) >= 11 is 5.74. The van der Waals surface area contributed by atoms with Crippen LogP contribution >= 0.6 is 11.6 Å². The third-order valence-corrected chi connectivity index (χ3v) is 2.65. The van der Waals surface area contributed by atoms with Gasteiger partial charge in [0.25, 0.3) is 0 Å². The number of nitrogens with zero attached hydrogens (tertiary/aromatic N) is 2. The maximum Gasteiger partial charge on any atom is 0.137 e. The molecule has 3 aromatic rings. The first kappa shape index (κ1) is 9.36. The minimum absolute atomic E-state index is 0.498. The van der Waals surface area contributed by atoms with Gasteiger partial charge in [0, 0.05) is 29.0 Å². The quantitative estimate of drug-likeness (QED) is 0.651. The van der Waals surface area contributed by atoms with Crippen LogP contribution in [0.1, 0.15) is 0 Å². The van der Waals surface area contributed by atoms with Gasteiger partial charge in [-0.1, -0.05) is 11.6 Å². The number of hydrogen-bond donors (Lipinski definition) is 1. The maximum atomic E-state index is 5.74. The Balaban J connectivity index is 2.15. The molecule has 0 amide bonds. The molecule has 0 atom stereocenters. The minimum atomic E-state index is 0.498. The highest BCUT2D eigenvalue weighted by Gasteiger charge is 2.03. The van der Waals surface area contributed by atoms with Crippen LogP contribution in [0.4, 0.5) is 0 Å². The third-order valence-electron chi connectivity index (χ3n) is 2.43. The number of fused-ring (bicyclic) bond motifs is 1. The number of hydrogen-bond acceptors (Lipinski definition) is 2. The molecule has 3 nitrogen and oxygen atoms in total. The topological polar surface area (TPSA) is 41.6 Å². The Bertz CT molecular complexity index is 595. The van der Waals surface area contributed by atoms with Crippen molar-refractivity contribution in [3.8, 4) is 11.3 Å². The average Bonchev–Trinajstić information content (AvgIpc) is 2.73. The van der Waals surface area contributed by atoms with E-state index >= 15 is 0 Å². The average molecular weight is 230 g/mol. The normalized spacial score (nSPS) is 10.8. The highest BCUT2D eigenvalue weighted by molar-refractivity contribution is 6.29. The molecular formula is C12H8ClN3. The van der Waals surface area contributed by atoms with Gasteiger partial charge in [0.15, 0.2) is 0 Å². The van der Waals surface area contributed by atoms with Gasteiger partial charge >= 0.3 is 0 Å². The van der Waals surface area contributed by atoms with Crippen LogP contribution in [0.15, 0.2) is 42.7 Å². The van der Waals surface area contributed by atoms with E-state index in [4.69, 9.17) is 11.6 Å². The lowest BCUT2D eigenvalue weighted by atomic mass is 10.2. The van der Waals surface area contributed by atoms with Crippen LogP contribution in [-0.4, -0.2) is 15.0 Å². The Morgan fingerprint density at radius 1 is 1.12 bits per heavy atom. The molecule has 0 bridgehead atoms. The van der Waals surface area contributed by atoms with Gasteiger partial charge in [0.1, 0.15) is 10.8 Å². The van der Waals surface area contributed by atoms with Crippen LogP contribution in [0.3, 0.4) is 0 Å². The van der Waals surface area contributed by atoms with Gasteiger partial charge in [-0.15, -0.1) is 0 Å². The molecule has 0 aromatic carbocycles. The molecule has 3 heterocycles. The van der Waals surface area contributed by atoms with E-state index in [1.807, 2.05) is 24.3 Å². The molecule has 0 saturated heterocycles. The first-order chi connectivity index (χ1) is 7.83. The summed E-state index contributed by atoms with van der Waals surface area (Å²) in [5.41, 5.74) is 2.88. The van der Waals surface area contributed by atoms with Crippen LogP contribution in [-0.2, 0) is 0 Å². The van der Waals surface area contributed by atoms with Crippen LogP contribution in [0.2, 0.25) is 5.15 Å². The molecule has 0 aliphatic rings. The van der Waals surface area contributed by atoms with Gasteiger partial charge in [-0.3, -0.25) is 0 Å². The standard InChI is InChI=1S/C12H8ClN3/c13-11-4-3-9(7-15-11)10-6-8-2-1-5-14-12(8)16-10/h1-7H,(H,14,16). The second kappa shape index (κ2) is 3.61. The lowest BCUT2D eigenvalue weighted by Gasteiger charge is -1.95. The van der Waals surface area contributed by atoms with Crippen molar-refractivity contribution in [2.45, 2.75) is 0 Å². The van der Waals surface area contributed by atoms with Gasteiger partial charge < -0.3 is 4.98 Å². The summed E-state index contributed by atoms with van der Waals surface area (Å²) < 4.78 is 0. The van der Waals surface area contributed by atoms with Crippen LogP contribution in [0, 0.1) is 0 Å². The van der Waals surface area contributed by atoms with E-state index in [2.05, 4.69) is 15.0 Å². The third kappa shape index (κ3) is 1.55. The molecule has 3 aromatic heterocycles. The highest BCUT2D eigenvalue weighted by atomic mass is 35.5. The van der Waals surface area contributed by atoms with E-state index < -0.39 is 0 Å². The molecule has 78 valence electrons. The fraction of sp³-hybridized carbons (Fsp3) is 0. The summed E-state index contributed by atoms with van der Waals surface area (Å²) in [6.45, 7) is 0. The number of nitrogens with one attached hydrogen (secondary N) is 1. The van der Waals surface area contributed by atoms with E-state index in [9.17, 15) is 0 Å². The number of halogens is 1. The molecule has 1 N–H and O–H groups in total. The van der Waals surface area contributed by atoms with Crippen molar-refractivity contribution in [2.75, 3.05) is 0 Å². The Kier molecular flexibility index (Phi) is 2.11. The molecule has 0 unspecified atom stereocenters. The largest absolute Gasteiger partial charge is 0.339 e. The van der Waals surface area contributed by atoms with Crippen molar-refractivity contribution in [3.05, 3.63) is 47.9 Å². The predicted molar refractivity (Wildman–Crippen MR) is 64.3 cm³/mol. The van der Waals surface area contributed by atoms with E-state index in [0.717, 1.165) is 22.3 Å². The fourth-order valence-corrected chi connectivity index (χ4v) is 1.76. The number of H-pyrrole nitrogens is 1. The molecule has 0 radical (unpaired) electrons. The SMILES string of the molecule is Clc1ccc(-c2cc3cccnc3[nH]2)cn1. The van der Waals surface area contributed by atoms with Gasteiger partial charge in [0.2, 0.25) is 0 Å². The van der Waals surface area contributed by atoms with Crippen molar-refractivity contribution < 1.29 is 0 Å². The molecule has 0 aliphatic carbocycles. The van der Waals surface area contributed by atoms with E-state index in [0.29, 0.717) is 5.15 Å². The predicted octanol–water partition coefficient (Wildman–Crippen LogP) is 3.28. The van der Waals surface area contributed by atoms with Crippen molar-refractivity contribution in [1.29, 1.82) is 0 Å². The monoisotopic (exact) mass is 229 g/mol. The van der Waals surface area contributed by atoms with E-state index in [1.54, 1.807) is 18.5 Å². The Hall–Kier alpha value is -1.87. The zero-order chi connectivity index (χ0) is 11.0. The lowest BCUT2D eigenvalue weighted by molar-refractivity contribution is 1.29. The van der Waals surface area contributed by atoms with E-state index in [1.165, 1.54) is 0 Å². The van der Waals surface area contributed by atoms with Crippen molar-refractivity contribution in [3.63, 3.8) is 0 Å².